The molecule has 12 heteroatoms. The largest absolute Gasteiger partial charge is 0.493 e. The highest BCUT2D eigenvalue weighted by molar-refractivity contribution is 6.35. The van der Waals surface area contributed by atoms with Crippen LogP contribution in [-0.4, -0.2) is 73.5 Å². The normalized spacial score (nSPS) is 13.4. The molecule has 1 saturated heterocycles. The second-order valence-corrected chi connectivity index (χ2v) is 11.2. The molecule has 1 aliphatic heterocycles. The molecular formula is C33H39N5O7. The molecule has 0 radical (unpaired) electrons. The number of rotatable bonds is 14. The molecule has 4 rings (SSSR count). The van der Waals surface area contributed by atoms with Crippen LogP contribution in [0.5, 0.6) is 17.2 Å². The molecule has 3 aromatic rings. The van der Waals surface area contributed by atoms with E-state index in [2.05, 4.69) is 21.4 Å². The molecule has 0 aliphatic carbocycles. The van der Waals surface area contributed by atoms with Crippen molar-refractivity contribution in [2.45, 2.75) is 51.7 Å². The van der Waals surface area contributed by atoms with Gasteiger partial charge in [0, 0.05) is 42.8 Å². The highest BCUT2D eigenvalue weighted by Crippen LogP contribution is 2.32. The summed E-state index contributed by atoms with van der Waals surface area (Å²) in [5.74, 6) is 1.31. The van der Waals surface area contributed by atoms with E-state index >= 15 is 0 Å². The van der Waals surface area contributed by atoms with Gasteiger partial charge in [0.25, 0.3) is 0 Å². The second kappa shape index (κ2) is 15.8. The van der Waals surface area contributed by atoms with Gasteiger partial charge in [0.2, 0.25) is 5.95 Å². The first-order valence-corrected chi connectivity index (χ1v) is 14.7. The molecule has 238 valence electrons. The molecular weight excluding hydrogens is 578 g/mol. The predicted octanol–water partition coefficient (Wildman–Crippen LogP) is 5.47. The van der Waals surface area contributed by atoms with E-state index in [0.29, 0.717) is 53.4 Å². The first-order valence-electron chi connectivity index (χ1n) is 14.7. The zero-order valence-corrected chi connectivity index (χ0v) is 26.1. The van der Waals surface area contributed by atoms with E-state index in [0.717, 1.165) is 18.4 Å². The summed E-state index contributed by atoms with van der Waals surface area (Å²) in [5, 5.41) is 20.8. The Labute approximate surface area is 263 Å². The Morgan fingerprint density at radius 3 is 2.58 bits per heavy atom. The van der Waals surface area contributed by atoms with Crippen molar-refractivity contribution in [2.75, 3.05) is 45.5 Å². The Kier molecular flexibility index (Phi) is 11.7. The molecule has 0 spiro atoms. The van der Waals surface area contributed by atoms with Crippen LogP contribution < -0.4 is 19.5 Å². The van der Waals surface area contributed by atoms with Crippen molar-refractivity contribution in [3.8, 4) is 34.6 Å². The number of hydrogen-bond acceptors (Lipinski definition) is 12. The maximum Gasteiger partial charge on any atom is 0.352 e. The Morgan fingerprint density at radius 1 is 1.07 bits per heavy atom. The maximum atomic E-state index is 11.9. The van der Waals surface area contributed by atoms with E-state index < -0.39 is 11.6 Å². The monoisotopic (exact) mass is 617 g/mol. The topological polar surface area (TPSA) is 158 Å². The minimum Gasteiger partial charge on any atom is -0.493 e. The summed E-state index contributed by atoms with van der Waals surface area (Å²) in [7, 11) is 1.55. The van der Waals surface area contributed by atoms with Crippen LogP contribution in [0.15, 0.2) is 48.7 Å². The molecule has 1 aliphatic rings. The lowest BCUT2D eigenvalue weighted by Crippen LogP contribution is -2.29. The number of nitrogens with one attached hydrogen (secondary N) is 2. The van der Waals surface area contributed by atoms with Gasteiger partial charge in [-0.15, -0.1) is 0 Å². The average molecular weight is 618 g/mol. The molecule has 1 fully saturated rings. The van der Waals surface area contributed by atoms with Gasteiger partial charge in [-0.25, -0.2) is 14.8 Å². The number of nitriles is 1. The molecule has 0 unspecified atom stereocenters. The number of benzene rings is 2. The summed E-state index contributed by atoms with van der Waals surface area (Å²) in [5.41, 5.74) is 1.77. The number of nitrogens with zero attached hydrogens (tertiary/aromatic N) is 3. The first-order chi connectivity index (χ1) is 21.6. The van der Waals surface area contributed by atoms with E-state index in [-0.39, 0.29) is 38.1 Å². The molecule has 0 saturated carbocycles. The smallest absolute Gasteiger partial charge is 0.352 e. The van der Waals surface area contributed by atoms with Gasteiger partial charge in [0.1, 0.15) is 35.8 Å². The predicted molar refractivity (Wildman–Crippen MR) is 167 cm³/mol. The summed E-state index contributed by atoms with van der Waals surface area (Å²) in [6.45, 7) is 7.30. The number of anilines is 2. The van der Waals surface area contributed by atoms with E-state index in [1.54, 1.807) is 58.3 Å². The highest BCUT2D eigenvalue weighted by atomic mass is 16.6. The minimum absolute atomic E-state index is 0.0346. The fraction of sp³-hybridized carbons (Fsp3) is 0.424. The molecule has 2 aromatic carbocycles. The van der Waals surface area contributed by atoms with Crippen molar-refractivity contribution < 1.29 is 33.2 Å². The lowest BCUT2D eigenvalue weighted by Gasteiger charge is -2.23. The van der Waals surface area contributed by atoms with Crippen molar-refractivity contribution >= 4 is 23.3 Å². The number of aromatic nitrogens is 2. The van der Waals surface area contributed by atoms with Crippen LogP contribution in [0.2, 0.25) is 0 Å². The number of carbonyl (C=O) groups excluding carboxylic acids is 1. The Hall–Kier alpha value is -4.73. The van der Waals surface area contributed by atoms with Gasteiger partial charge in [0.15, 0.2) is 11.5 Å². The number of methoxy groups -OCH3 is 1. The van der Waals surface area contributed by atoms with Crippen LogP contribution in [0.1, 0.15) is 45.6 Å². The molecule has 2 heterocycles. The molecule has 0 bridgehead atoms. The third kappa shape index (κ3) is 10.2. The number of ether oxygens (including phenoxy) is 6. The average Bonchev–Trinajstić information content (AvgIpc) is 3.03. The van der Waals surface area contributed by atoms with Gasteiger partial charge in [-0.3, -0.25) is 5.41 Å². The van der Waals surface area contributed by atoms with Crippen LogP contribution in [0.3, 0.4) is 0 Å². The third-order valence-electron chi connectivity index (χ3n) is 6.56. The van der Waals surface area contributed by atoms with Crippen molar-refractivity contribution in [1.29, 1.82) is 10.7 Å². The quantitative estimate of drug-likeness (QED) is 0.134. The lowest BCUT2D eigenvalue weighted by molar-refractivity contribution is -0.146. The Bertz CT molecular complexity index is 1510. The number of carbonyl (C=O) groups is 1. The SMILES string of the molecule is COc1cc(Nc2nccc(-c3ccc(OC4CCOCC4)c(C#N)c3)n2)ccc1OCCOCCC(=N)C(=O)OC(C)(C)C. The van der Waals surface area contributed by atoms with E-state index in [1.165, 1.54) is 0 Å². The van der Waals surface area contributed by atoms with Gasteiger partial charge in [0.05, 0.1) is 44.8 Å². The van der Waals surface area contributed by atoms with E-state index in [1.807, 2.05) is 18.2 Å². The summed E-state index contributed by atoms with van der Waals surface area (Å²) in [4.78, 5) is 20.9. The van der Waals surface area contributed by atoms with Crippen LogP contribution in [0, 0.1) is 16.7 Å². The van der Waals surface area contributed by atoms with E-state index in [9.17, 15) is 10.1 Å². The van der Waals surface area contributed by atoms with Crippen molar-refractivity contribution in [2.24, 2.45) is 0 Å². The summed E-state index contributed by atoms with van der Waals surface area (Å²) >= 11 is 0. The maximum absolute atomic E-state index is 11.9. The van der Waals surface area contributed by atoms with Crippen LogP contribution in [0.4, 0.5) is 11.6 Å². The Morgan fingerprint density at radius 2 is 1.84 bits per heavy atom. The molecule has 45 heavy (non-hydrogen) atoms. The van der Waals surface area contributed by atoms with Gasteiger partial charge >= 0.3 is 5.97 Å². The van der Waals surface area contributed by atoms with Gasteiger partial charge < -0.3 is 33.7 Å². The minimum atomic E-state index is -0.643. The second-order valence-electron chi connectivity index (χ2n) is 11.2. The molecule has 12 nitrogen and oxygen atoms in total. The zero-order chi connectivity index (χ0) is 32.2. The zero-order valence-electron chi connectivity index (χ0n) is 26.1. The molecule has 1 aromatic heterocycles. The van der Waals surface area contributed by atoms with Crippen LogP contribution in [-0.2, 0) is 19.0 Å². The standard InChI is InChI=1S/C33H39N5O7/c1-33(2,3)45-31(39)26(35)12-16-42-17-18-43-29-8-6-24(20-30(29)40-4)37-32-36-13-9-27(38-32)22-5-7-28(23(19-22)21-34)44-25-10-14-41-15-11-25/h5-9,13,19-20,25,35H,10-12,14-18H2,1-4H3,(H,36,37,38). The Balaban J connectivity index is 1.30. The fourth-order valence-electron chi connectivity index (χ4n) is 4.35. The summed E-state index contributed by atoms with van der Waals surface area (Å²) in [6.07, 6.45) is 3.43. The highest BCUT2D eigenvalue weighted by Gasteiger charge is 2.20. The van der Waals surface area contributed by atoms with Gasteiger partial charge in [-0.2, -0.15) is 5.26 Å². The molecule has 0 atom stereocenters. The number of esters is 1. The first kappa shape index (κ1) is 33.2. The van der Waals surface area contributed by atoms with Gasteiger partial charge in [-0.05, 0) is 57.2 Å². The van der Waals surface area contributed by atoms with Crippen molar-refractivity contribution in [1.82, 2.24) is 9.97 Å². The van der Waals surface area contributed by atoms with Crippen molar-refractivity contribution in [3.63, 3.8) is 0 Å². The summed E-state index contributed by atoms with van der Waals surface area (Å²) < 4.78 is 33.5. The van der Waals surface area contributed by atoms with Gasteiger partial charge in [-0.1, -0.05) is 0 Å². The molecule has 0 amide bonds. The van der Waals surface area contributed by atoms with E-state index in [4.69, 9.17) is 33.8 Å². The van der Waals surface area contributed by atoms with Crippen LogP contribution in [0.25, 0.3) is 11.3 Å². The number of hydrogen-bond donors (Lipinski definition) is 2. The molecule has 2 N–H and O–H groups in total. The summed E-state index contributed by atoms with van der Waals surface area (Å²) in [6, 6.07) is 14.8. The third-order valence-corrected chi connectivity index (χ3v) is 6.56. The van der Waals surface area contributed by atoms with Crippen LogP contribution >= 0.6 is 0 Å². The lowest BCUT2D eigenvalue weighted by atomic mass is 10.1. The fourth-order valence-corrected chi connectivity index (χ4v) is 4.35. The van der Waals surface area contributed by atoms with Crippen molar-refractivity contribution in [3.05, 3.63) is 54.2 Å².